The monoisotopic (exact) mass is 663 g/mol. The minimum absolute atomic E-state index is 0.0572. The van der Waals surface area contributed by atoms with Gasteiger partial charge in [0.25, 0.3) is 0 Å². The van der Waals surface area contributed by atoms with Gasteiger partial charge in [0.05, 0.1) is 30.5 Å². The van der Waals surface area contributed by atoms with Gasteiger partial charge in [-0.25, -0.2) is 13.8 Å². The van der Waals surface area contributed by atoms with E-state index in [2.05, 4.69) is 15.4 Å². The Labute approximate surface area is 273 Å². The number of amides is 2. The highest BCUT2D eigenvalue weighted by Gasteiger charge is 2.28. The minimum Gasteiger partial charge on any atom is -0.495 e. The Morgan fingerprint density at radius 2 is 1.65 bits per heavy atom. The Morgan fingerprint density at radius 3 is 2.35 bits per heavy atom. The molecule has 46 heavy (non-hydrogen) atoms. The van der Waals surface area contributed by atoms with Crippen LogP contribution in [0.5, 0.6) is 5.75 Å². The van der Waals surface area contributed by atoms with Gasteiger partial charge in [0, 0.05) is 37.7 Å². The smallest absolute Gasteiger partial charge is 0.329 e. The number of ether oxygens (including phenoxy) is 1. The number of aryl methyl sites for hydroxylation is 1. The molecule has 1 aromatic heterocycles. The van der Waals surface area contributed by atoms with Gasteiger partial charge in [-0.15, -0.1) is 0 Å². The molecule has 0 atom stereocenters. The average Bonchev–Trinajstić information content (AvgIpc) is 3.52. The molecule has 2 heterocycles. The summed E-state index contributed by atoms with van der Waals surface area (Å²) >= 11 is 5.98. The molecule has 11 nitrogen and oxygen atoms in total. The Hall–Kier alpha value is -4.65. The van der Waals surface area contributed by atoms with E-state index >= 15 is 0 Å². The van der Waals surface area contributed by atoms with E-state index in [4.69, 9.17) is 20.8 Å². The van der Waals surface area contributed by atoms with E-state index in [1.165, 1.54) is 39.7 Å². The first-order chi connectivity index (χ1) is 22.1. The fraction of sp³-hybridized carbons (Fsp3) is 0.242. The van der Waals surface area contributed by atoms with Crippen molar-refractivity contribution in [2.75, 3.05) is 38.2 Å². The lowest BCUT2D eigenvalue weighted by Gasteiger charge is -2.36. The third kappa shape index (κ3) is 7.94. The van der Waals surface area contributed by atoms with Crippen LogP contribution in [0.3, 0.4) is 0 Å². The number of carbonyl (C=O) groups is 2. The summed E-state index contributed by atoms with van der Waals surface area (Å²) in [6.45, 7) is 3.85. The maximum Gasteiger partial charge on any atom is 0.329 e. The van der Waals surface area contributed by atoms with Crippen molar-refractivity contribution in [1.82, 2.24) is 14.6 Å². The summed E-state index contributed by atoms with van der Waals surface area (Å²) in [6.07, 6.45) is 1.26. The van der Waals surface area contributed by atoms with Crippen molar-refractivity contribution in [3.63, 3.8) is 0 Å². The average molecular weight is 664 g/mol. The number of para-hydroxylation sites is 2. The Morgan fingerprint density at radius 1 is 0.957 bits per heavy atom. The van der Waals surface area contributed by atoms with Crippen molar-refractivity contribution in [2.45, 2.75) is 24.9 Å². The second kappa shape index (κ2) is 14.6. The standard InChI is InChI=1S/C33H34ClN5O6S/c1-24-7-9-25(10-8-24)22-39(46(42,43)29-15-11-26(34)12-16-29)23-28-14-13-27(45-28)21-35-36-32(40)33(41)38-19-17-37(18-20-38)30-5-3-4-6-31(30)44-2/h3-16,21H,17-20,22-23H2,1-2H3,(H,36,40)/b35-21+. The number of sulfonamides is 1. The van der Waals surface area contributed by atoms with Crippen molar-refractivity contribution in [1.29, 1.82) is 0 Å². The topological polar surface area (TPSA) is 125 Å². The number of hydrazone groups is 1. The van der Waals surface area contributed by atoms with E-state index in [1.807, 2.05) is 55.5 Å². The third-order valence-electron chi connectivity index (χ3n) is 7.49. The molecule has 2 amide bonds. The fourth-order valence-electron chi connectivity index (χ4n) is 4.99. The molecule has 1 aliphatic heterocycles. The molecule has 13 heteroatoms. The van der Waals surface area contributed by atoms with Crippen molar-refractivity contribution in [3.8, 4) is 5.75 Å². The fourth-order valence-corrected chi connectivity index (χ4v) is 6.51. The number of hydrogen-bond donors (Lipinski definition) is 1. The number of rotatable bonds is 10. The molecule has 4 aromatic rings. The molecule has 240 valence electrons. The quantitative estimate of drug-likeness (QED) is 0.151. The van der Waals surface area contributed by atoms with Crippen molar-refractivity contribution >= 4 is 45.3 Å². The zero-order chi connectivity index (χ0) is 32.7. The number of nitrogens with zero attached hydrogens (tertiary/aromatic N) is 4. The van der Waals surface area contributed by atoms with E-state index in [0.717, 1.165) is 22.6 Å². The molecule has 0 saturated carbocycles. The first kappa shape index (κ1) is 32.7. The van der Waals surface area contributed by atoms with E-state index in [1.54, 1.807) is 19.2 Å². The summed E-state index contributed by atoms with van der Waals surface area (Å²) in [5, 5.41) is 4.31. The van der Waals surface area contributed by atoms with Gasteiger partial charge in [0.2, 0.25) is 10.0 Å². The molecule has 1 N–H and O–H groups in total. The van der Waals surface area contributed by atoms with Crippen LogP contribution < -0.4 is 15.1 Å². The minimum atomic E-state index is -3.91. The highest BCUT2D eigenvalue weighted by molar-refractivity contribution is 7.89. The van der Waals surface area contributed by atoms with Crippen LogP contribution in [-0.2, 0) is 32.7 Å². The van der Waals surface area contributed by atoms with Gasteiger partial charge in [-0.3, -0.25) is 9.59 Å². The van der Waals surface area contributed by atoms with Crippen LogP contribution in [0.25, 0.3) is 0 Å². The lowest BCUT2D eigenvalue weighted by molar-refractivity contribution is -0.146. The lowest BCUT2D eigenvalue weighted by Crippen LogP contribution is -2.52. The predicted molar refractivity (Wildman–Crippen MR) is 175 cm³/mol. The van der Waals surface area contributed by atoms with Gasteiger partial charge in [-0.05, 0) is 61.0 Å². The molecule has 1 saturated heterocycles. The Kier molecular flexibility index (Phi) is 10.4. The number of nitrogens with one attached hydrogen (secondary N) is 1. The van der Waals surface area contributed by atoms with Gasteiger partial charge in [-0.2, -0.15) is 9.41 Å². The zero-order valence-electron chi connectivity index (χ0n) is 25.4. The molecule has 0 aliphatic carbocycles. The molecule has 0 unspecified atom stereocenters. The highest BCUT2D eigenvalue weighted by Crippen LogP contribution is 2.28. The third-order valence-corrected chi connectivity index (χ3v) is 9.55. The van der Waals surface area contributed by atoms with Crippen molar-refractivity contribution < 1.29 is 27.2 Å². The van der Waals surface area contributed by atoms with Crippen LogP contribution in [0.15, 0.2) is 99.3 Å². The van der Waals surface area contributed by atoms with Crippen molar-refractivity contribution in [2.24, 2.45) is 5.10 Å². The molecule has 5 rings (SSSR count). The van der Waals surface area contributed by atoms with E-state index in [9.17, 15) is 18.0 Å². The van der Waals surface area contributed by atoms with E-state index in [0.29, 0.717) is 37.0 Å². The number of anilines is 1. The summed E-state index contributed by atoms with van der Waals surface area (Å²) in [7, 11) is -2.30. The molecule has 0 radical (unpaired) electrons. The second-order valence-electron chi connectivity index (χ2n) is 10.7. The largest absolute Gasteiger partial charge is 0.495 e. The van der Waals surface area contributed by atoms with Crippen LogP contribution in [0, 0.1) is 6.92 Å². The number of hydrogen-bond acceptors (Lipinski definition) is 8. The maximum atomic E-state index is 13.6. The molecular weight excluding hydrogens is 630 g/mol. The number of carbonyl (C=O) groups excluding carboxylic acids is 2. The number of halogens is 1. The SMILES string of the molecule is COc1ccccc1N1CCN(C(=O)C(=O)N/N=C/c2ccc(CN(Cc3ccc(C)cc3)S(=O)(=O)c3ccc(Cl)cc3)o2)CC1. The number of furan rings is 1. The summed E-state index contributed by atoms with van der Waals surface area (Å²) in [5.41, 5.74) is 5.06. The van der Waals surface area contributed by atoms with Gasteiger partial charge >= 0.3 is 11.8 Å². The van der Waals surface area contributed by atoms with Gasteiger partial charge in [0.15, 0.2) is 0 Å². The molecule has 1 aliphatic rings. The number of methoxy groups -OCH3 is 1. The Bertz CT molecular complexity index is 1800. The Balaban J connectivity index is 1.19. The highest BCUT2D eigenvalue weighted by atomic mass is 35.5. The predicted octanol–water partition coefficient (Wildman–Crippen LogP) is 4.44. The molecule has 3 aromatic carbocycles. The van der Waals surface area contributed by atoms with Gasteiger partial charge in [-0.1, -0.05) is 53.6 Å². The molecule has 0 spiro atoms. The summed E-state index contributed by atoms with van der Waals surface area (Å²) in [4.78, 5) is 29.0. The summed E-state index contributed by atoms with van der Waals surface area (Å²) in [6, 6.07) is 24.5. The molecular formula is C33H34ClN5O6S. The first-order valence-electron chi connectivity index (χ1n) is 14.5. The maximum absolute atomic E-state index is 13.6. The van der Waals surface area contributed by atoms with E-state index in [-0.39, 0.29) is 23.7 Å². The normalized spacial score (nSPS) is 13.7. The van der Waals surface area contributed by atoms with Crippen LogP contribution in [0.4, 0.5) is 5.69 Å². The lowest BCUT2D eigenvalue weighted by atomic mass is 10.1. The zero-order valence-corrected chi connectivity index (χ0v) is 27.0. The van der Waals surface area contributed by atoms with Crippen LogP contribution in [0.1, 0.15) is 22.6 Å². The summed E-state index contributed by atoms with van der Waals surface area (Å²) < 4.78 is 39.8. The molecule has 0 bridgehead atoms. The molecule has 1 fully saturated rings. The van der Waals surface area contributed by atoms with Crippen LogP contribution in [0.2, 0.25) is 5.02 Å². The first-order valence-corrected chi connectivity index (χ1v) is 16.4. The second-order valence-corrected chi connectivity index (χ2v) is 13.0. The van der Waals surface area contributed by atoms with E-state index < -0.39 is 21.8 Å². The van der Waals surface area contributed by atoms with Gasteiger partial charge < -0.3 is 19.0 Å². The van der Waals surface area contributed by atoms with Gasteiger partial charge in [0.1, 0.15) is 17.3 Å². The van der Waals surface area contributed by atoms with Crippen molar-refractivity contribution in [3.05, 3.63) is 113 Å². The number of benzene rings is 3. The number of piperazine rings is 1. The van der Waals surface area contributed by atoms with Crippen LogP contribution in [-0.4, -0.2) is 68.9 Å². The van der Waals surface area contributed by atoms with Crippen LogP contribution >= 0.6 is 11.6 Å². The summed E-state index contributed by atoms with van der Waals surface area (Å²) in [5.74, 6) is -0.172.